The third-order valence-electron chi connectivity index (χ3n) is 5.58. The molecular formula is C23H31BrN4O3S. The largest absolute Gasteiger partial charge is 0.354 e. The average molecular weight is 523 g/mol. The van der Waals surface area contributed by atoms with Crippen molar-refractivity contribution in [3.63, 3.8) is 0 Å². The fourth-order valence-corrected chi connectivity index (χ4v) is 5.23. The number of anilines is 1. The van der Waals surface area contributed by atoms with Crippen LogP contribution >= 0.6 is 15.9 Å². The quantitative estimate of drug-likeness (QED) is 0.512. The first-order valence-corrected chi connectivity index (χ1v) is 13.0. The number of hydrogen-bond acceptors (Lipinski definition) is 5. The Morgan fingerprint density at radius 1 is 1.03 bits per heavy atom. The number of halogens is 1. The molecule has 7 nitrogen and oxygen atoms in total. The lowest BCUT2D eigenvalue weighted by molar-refractivity contribution is -0.119. The van der Waals surface area contributed by atoms with Gasteiger partial charge in [0.25, 0.3) is 10.0 Å². The van der Waals surface area contributed by atoms with E-state index in [9.17, 15) is 13.2 Å². The molecule has 1 aliphatic rings. The molecule has 0 saturated carbocycles. The number of hydrogen-bond donors (Lipinski definition) is 1. The lowest BCUT2D eigenvalue weighted by Crippen LogP contribution is -2.45. The van der Waals surface area contributed by atoms with E-state index in [0.717, 1.165) is 49.2 Å². The van der Waals surface area contributed by atoms with Crippen molar-refractivity contribution >= 4 is 37.5 Å². The lowest BCUT2D eigenvalue weighted by Gasteiger charge is -2.32. The van der Waals surface area contributed by atoms with E-state index in [4.69, 9.17) is 0 Å². The van der Waals surface area contributed by atoms with Crippen molar-refractivity contribution in [2.24, 2.45) is 0 Å². The van der Waals surface area contributed by atoms with Gasteiger partial charge in [-0.25, -0.2) is 8.42 Å². The fourth-order valence-electron chi connectivity index (χ4n) is 3.55. The molecule has 0 aromatic heterocycles. The number of nitrogens with zero attached hydrogens (tertiary/aromatic N) is 3. The molecule has 174 valence electrons. The molecule has 0 radical (unpaired) electrons. The standard InChI is InChI=1S/C23H31BrN4O3S/c1-19-4-10-22(11-5-19)32(30,31)28(21-8-6-20(24)7-9-21)18-23(29)25-12-3-13-27-16-14-26(2)15-17-27/h4-11H,3,12-18H2,1-2H3,(H,25,29). The van der Waals surface area contributed by atoms with E-state index in [2.05, 4.69) is 38.1 Å². The molecule has 2 aromatic carbocycles. The van der Waals surface area contributed by atoms with Gasteiger partial charge >= 0.3 is 0 Å². The highest BCUT2D eigenvalue weighted by Crippen LogP contribution is 2.25. The fraction of sp³-hybridized carbons (Fsp3) is 0.435. The third kappa shape index (κ3) is 6.78. The Morgan fingerprint density at radius 2 is 1.66 bits per heavy atom. The molecule has 1 amide bonds. The van der Waals surface area contributed by atoms with E-state index < -0.39 is 10.0 Å². The van der Waals surface area contributed by atoms with Crippen LogP contribution in [0, 0.1) is 6.92 Å². The molecule has 3 rings (SSSR count). The summed E-state index contributed by atoms with van der Waals surface area (Å²) in [6.07, 6.45) is 0.832. The monoisotopic (exact) mass is 522 g/mol. The Labute approximate surface area is 199 Å². The summed E-state index contributed by atoms with van der Waals surface area (Å²) in [6.45, 7) is 7.27. The molecule has 1 heterocycles. The summed E-state index contributed by atoms with van der Waals surface area (Å²) in [5, 5.41) is 2.88. The van der Waals surface area contributed by atoms with Crippen LogP contribution < -0.4 is 9.62 Å². The number of benzene rings is 2. The van der Waals surface area contributed by atoms with Crippen molar-refractivity contribution in [1.82, 2.24) is 15.1 Å². The molecule has 0 atom stereocenters. The van der Waals surface area contributed by atoms with E-state index in [0.29, 0.717) is 12.2 Å². The van der Waals surface area contributed by atoms with E-state index in [1.165, 1.54) is 4.31 Å². The van der Waals surface area contributed by atoms with Crippen LogP contribution in [0.4, 0.5) is 5.69 Å². The molecule has 1 saturated heterocycles. The van der Waals surface area contributed by atoms with Crippen molar-refractivity contribution in [3.8, 4) is 0 Å². The zero-order valence-corrected chi connectivity index (χ0v) is 21.0. The smallest absolute Gasteiger partial charge is 0.264 e. The van der Waals surface area contributed by atoms with Gasteiger partial charge in [0.15, 0.2) is 0 Å². The molecule has 0 spiro atoms. The zero-order chi connectivity index (χ0) is 23.1. The predicted molar refractivity (Wildman–Crippen MR) is 131 cm³/mol. The Hall–Kier alpha value is -1.94. The van der Waals surface area contributed by atoms with Crippen LogP contribution in [0.3, 0.4) is 0 Å². The van der Waals surface area contributed by atoms with E-state index in [1.807, 2.05) is 6.92 Å². The Bertz CT molecular complexity index is 989. The number of aryl methyl sites for hydroxylation is 1. The Kier molecular flexibility index (Phi) is 8.70. The number of amides is 1. The number of piperazine rings is 1. The molecule has 1 aliphatic heterocycles. The van der Waals surface area contributed by atoms with Gasteiger partial charge in [0.1, 0.15) is 6.54 Å². The van der Waals surface area contributed by atoms with Crippen LogP contribution in [-0.4, -0.2) is 77.0 Å². The van der Waals surface area contributed by atoms with Gasteiger partial charge in [0.2, 0.25) is 5.91 Å². The minimum Gasteiger partial charge on any atom is -0.354 e. The molecule has 1 fully saturated rings. The second-order valence-electron chi connectivity index (χ2n) is 8.15. The predicted octanol–water partition coefficient (Wildman–Crippen LogP) is 2.71. The first-order valence-electron chi connectivity index (χ1n) is 10.8. The van der Waals surface area contributed by atoms with Crippen LogP contribution in [0.1, 0.15) is 12.0 Å². The zero-order valence-electron chi connectivity index (χ0n) is 18.6. The first kappa shape index (κ1) is 24.7. The number of rotatable bonds is 9. The van der Waals surface area contributed by atoms with Gasteiger partial charge < -0.3 is 15.1 Å². The number of carbonyl (C=O) groups is 1. The first-order chi connectivity index (χ1) is 15.3. The second-order valence-corrected chi connectivity index (χ2v) is 10.9. The molecule has 2 aromatic rings. The van der Waals surface area contributed by atoms with Gasteiger partial charge in [0, 0.05) is 37.2 Å². The maximum atomic E-state index is 13.4. The Morgan fingerprint density at radius 3 is 2.28 bits per heavy atom. The minimum absolute atomic E-state index is 0.161. The highest BCUT2D eigenvalue weighted by Gasteiger charge is 2.27. The maximum absolute atomic E-state index is 13.4. The molecular weight excluding hydrogens is 492 g/mol. The molecule has 9 heteroatoms. The highest BCUT2D eigenvalue weighted by atomic mass is 79.9. The number of likely N-dealkylation sites (N-methyl/N-ethyl adjacent to an activating group) is 1. The van der Waals surface area contributed by atoms with Gasteiger partial charge in [0.05, 0.1) is 10.6 Å². The number of sulfonamides is 1. The second kappa shape index (κ2) is 11.3. The topological polar surface area (TPSA) is 73.0 Å². The number of nitrogens with one attached hydrogen (secondary N) is 1. The SMILES string of the molecule is Cc1ccc(S(=O)(=O)N(CC(=O)NCCCN2CCN(C)CC2)c2ccc(Br)cc2)cc1. The number of carbonyl (C=O) groups excluding carboxylic acids is 1. The molecule has 32 heavy (non-hydrogen) atoms. The molecule has 1 N–H and O–H groups in total. The van der Waals surface area contributed by atoms with Crippen molar-refractivity contribution in [2.45, 2.75) is 18.2 Å². The van der Waals surface area contributed by atoms with Crippen LogP contribution in [0.2, 0.25) is 0 Å². The summed E-state index contributed by atoms with van der Waals surface area (Å²) >= 11 is 3.37. The van der Waals surface area contributed by atoms with Crippen molar-refractivity contribution < 1.29 is 13.2 Å². The summed E-state index contributed by atoms with van der Waals surface area (Å²) in [5.41, 5.74) is 1.42. The van der Waals surface area contributed by atoms with Crippen molar-refractivity contribution in [1.29, 1.82) is 0 Å². The van der Waals surface area contributed by atoms with Crippen molar-refractivity contribution in [2.75, 3.05) is 57.2 Å². The summed E-state index contributed by atoms with van der Waals surface area (Å²) < 4.78 is 28.7. The summed E-state index contributed by atoms with van der Waals surface area (Å²) in [5.74, 6) is -0.318. The van der Waals surface area contributed by atoms with Crippen molar-refractivity contribution in [3.05, 3.63) is 58.6 Å². The molecule has 0 bridgehead atoms. The van der Waals surface area contributed by atoms with Crippen LogP contribution in [0.5, 0.6) is 0 Å². The molecule has 0 unspecified atom stereocenters. The normalized spacial score (nSPS) is 15.5. The van der Waals surface area contributed by atoms with Crippen LogP contribution in [0.15, 0.2) is 57.9 Å². The minimum atomic E-state index is -3.89. The van der Waals surface area contributed by atoms with E-state index in [-0.39, 0.29) is 17.3 Å². The average Bonchev–Trinajstić information content (AvgIpc) is 2.77. The Balaban J connectivity index is 1.64. The van der Waals surface area contributed by atoms with Gasteiger partial charge in [-0.2, -0.15) is 0 Å². The van der Waals surface area contributed by atoms with Crippen LogP contribution in [-0.2, 0) is 14.8 Å². The van der Waals surface area contributed by atoms with Gasteiger partial charge in [-0.05, 0) is 63.3 Å². The van der Waals surface area contributed by atoms with Crippen LogP contribution in [0.25, 0.3) is 0 Å². The highest BCUT2D eigenvalue weighted by molar-refractivity contribution is 9.10. The summed E-state index contributed by atoms with van der Waals surface area (Å²) in [7, 11) is -1.76. The summed E-state index contributed by atoms with van der Waals surface area (Å²) in [6, 6.07) is 13.6. The third-order valence-corrected chi connectivity index (χ3v) is 7.90. The van der Waals surface area contributed by atoms with E-state index >= 15 is 0 Å². The van der Waals surface area contributed by atoms with Gasteiger partial charge in [-0.3, -0.25) is 9.10 Å². The summed E-state index contributed by atoms with van der Waals surface area (Å²) in [4.78, 5) is 17.5. The maximum Gasteiger partial charge on any atom is 0.264 e. The van der Waals surface area contributed by atoms with Gasteiger partial charge in [-0.1, -0.05) is 33.6 Å². The van der Waals surface area contributed by atoms with Gasteiger partial charge in [-0.15, -0.1) is 0 Å². The molecule has 0 aliphatic carbocycles. The van der Waals surface area contributed by atoms with E-state index in [1.54, 1.807) is 48.5 Å². The lowest BCUT2D eigenvalue weighted by atomic mass is 10.2.